The molecule has 0 radical (unpaired) electrons. The van der Waals surface area contributed by atoms with Gasteiger partial charge in [-0.1, -0.05) is 13.8 Å². The maximum atomic E-state index is 13.5. The summed E-state index contributed by atoms with van der Waals surface area (Å²) in [4.78, 5) is 34.5. The largest absolute Gasteiger partial charge is 0.497 e. The number of piperidine rings is 1. The highest BCUT2D eigenvalue weighted by Crippen LogP contribution is 2.63. The number of aromatic nitrogens is 1. The van der Waals surface area contributed by atoms with Crippen molar-refractivity contribution in [3.63, 3.8) is 0 Å². The van der Waals surface area contributed by atoms with Crippen molar-refractivity contribution in [3.8, 4) is 5.75 Å². The van der Waals surface area contributed by atoms with Gasteiger partial charge in [0.15, 0.2) is 5.13 Å². The number of methoxy groups -OCH3 is 1. The summed E-state index contributed by atoms with van der Waals surface area (Å²) in [6, 6.07) is 6.92. The van der Waals surface area contributed by atoms with Gasteiger partial charge in [0.25, 0.3) is 5.91 Å². The molecule has 1 saturated heterocycles. The molecule has 0 unspecified atom stereocenters. The van der Waals surface area contributed by atoms with Crippen LogP contribution in [0.2, 0.25) is 0 Å². The smallest absolute Gasteiger partial charge is 0.257 e. The third-order valence-corrected chi connectivity index (χ3v) is 10.6. The molecule has 3 N–H and O–H groups in total. The molecule has 2 heterocycles. The molecule has 0 spiro atoms. The van der Waals surface area contributed by atoms with E-state index in [1.807, 2.05) is 11.8 Å². The van der Waals surface area contributed by atoms with Gasteiger partial charge in [-0.05, 0) is 74.1 Å². The van der Waals surface area contributed by atoms with Gasteiger partial charge in [0.05, 0.1) is 25.5 Å². The van der Waals surface area contributed by atoms with Gasteiger partial charge >= 0.3 is 0 Å². The molecular weight excluding hydrogens is 502 g/mol. The zero-order valence-corrected chi connectivity index (χ0v) is 23.4. The summed E-state index contributed by atoms with van der Waals surface area (Å²) < 4.78 is 5.19. The van der Waals surface area contributed by atoms with Crippen LogP contribution >= 0.6 is 11.3 Å². The van der Waals surface area contributed by atoms with E-state index in [2.05, 4.69) is 12.2 Å². The first-order valence-electron chi connectivity index (χ1n) is 13.7. The molecule has 2 amide bonds. The van der Waals surface area contributed by atoms with Gasteiger partial charge in [0, 0.05) is 41.3 Å². The lowest BCUT2D eigenvalue weighted by atomic mass is 9.47. The molecule has 38 heavy (non-hydrogen) atoms. The summed E-state index contributed by atoms with van der Waals surface area (Å²) in [6.45, 7) is 5.67. The number of carbonyl (C=O) groups excluding carboxylic acids is 2. The Hall–Kier alpha value is -2.49. The highest BCUT2D eigenvalue weighted by Gasteiger charge is 2.59. The number of aliphatic hydroxyl groups is 2. The van der Waals surface area contributed by atoms with E-state index in [0.29, 0.717) is 35.7 Å². The van der Waals surface area contributed by atoms with E-state index in [0.717, 1.165) is 49.3 Å². The summed E-state index contributed by atoms with van der Waals surface area (Å²) in [6.07, 6.45) is 4.98. The van der Waals surface area contributed by atoms with Gasteiger partial charge < -0.3 is 19.8 Å². The normalized spacial score (nSPS) is 30.8. The van der Waals surface area contributed by atoms with E-state index in [9.17, 15) is 19.8 Å². The van der Waals surface area contributed by atoms with Gasteiger partial charge in [-0.25, -0.2) is 4.98 Å². The average molecular weight is 542 g/mol. The highest BCUT2D eigenvalue weighted by atomic mass is 32.1. The second-order valence-corrected chi connectivity index (χ2v) is 12.8. The fraction of sp³-hybridized carbons (Fsp3) is 0.621. The number of amides is 2. The number of thiazole rings is 1. The third-order valence-electron chi connectivity index (χ3n) is 9.55. The quantitative estimate of drug-likeness (QED) is 0.505. The van der Waals surface area contributed by atoms with Crippen LogP contribution in [0, 0.1) is 16.7 Å². The lowest BCUT2D eigenvalue weighted by molar-refractivity contribution is -0.147. The predicted molar refractivity (Wildman–Crippen MR) is 147 cm³/mol. The first-order valence-corrected chi connectivity index (χ1v) is 14.5. The lowest BCUT2D eigenvalue weighted by Crippen LogP contribution is -2.57. The molecule has 2 aliphatic carbocycles. The van der Waals surface area contributed by atoms with Crippen molar-refractivity contribution in [2.24, 2.45) is 16.7 Å². The molecule has 1 aromatic heterocycles. The van der Waals surface area contributed by atoms with Gasteiger partial charge in [0.1, 0.15) is 5.75 Å². The maximum absolute atomic E-state index is 13.5. The van der Waals surface area contributed by atoms with Crippen molar-refractivity contribution in [3.05, 3.63) is 40.4 Å². The topological polar surface area (TPSA) is 112 Å². The van der Waals surface area contributed by atoms with Gasteiger partial charge in [-0.15, -0.1) is 11.3 Å². The van der Waals surface area contributed by atoms with E-state index in [1.165, 1.54) is 11.3 Å². The Morgan fingerprint density at radius 2 is 1.89 bits per heavy atom. The SMILES string of the molecule is COc1ccc(C(=O)Nc2nc3c(s2)C[C@@H]2[C@](C)(CO)[C@H](O)CC[C@@]2(C)[C@@H]3CC(=O)N2CCCCC2)cc1. The molecule has 1 saturated carbocycles. The Morgan fingerprint density at radius 3 is 2.55 bits per heavy atom. The average Bonchev–Trinajstić information content (AvgIpc) is 3.34. The number of rotatable bonds is 6. The van der Waals surface area contributed by atoms with Crippen LogP contribution in [0.25, 0.3) is 0 Å². The Balaban J connectivity index is 1.47. The molecule has 206 valence electrons. The van der Waals surface area contributed by atoms with Crippen molar-refractivity contribution in [1.82, 2.24) is 9.88 Å². The molecule has 2 aromatic rings. The van der Waals surface area contributed by atoms with Crippen molar-refractivity contribution >= 4 is 28.3 Å². The van der Waals surface area contributed by atoms with Crippen molar-refractivity contribution in [2.75, 3.05) is 32.1 Å². The number of nitrogens with one attached hydrogen (secondary N) is 1. The van der Waals surface area contributed by atoms with Crippen molar-refractivity contribution in [2.45, 2.75) is 70.8 Å². The summed E-state index contributed by atoms with van der Waals surface area (Å²) in [5.74, 6) is 0.417. The maximum Gasteiger partial charge on any atom is 0.257 e. The number of hydrogen-bond donors (Lipinski definition) is 3. The van der Waals surface area contributed by atoms with Crippen molar-refractivity contribution in [1.29, 1.82) is 0 Å². The van der Waals surface area contributed by atoms with Crippen LogP contribution in [-0.2, 0) is 11.2 Å². The van der Waals surface area contributed by atoms with E-state index >= 15 is 0 Å². The van der Waals surface area contributed by atoms with Crippen LogP contribution in [0.4, 0.5) is 5.13 Å². The van der Waals surface area contributed by atoms with Crippen LogP contribution in [0.5, 0.6) is 5.75 Å². The minimum atomic E-state index is -0.673. The Bertz CT molecular complexity index is 1180. The molecule has 1 aliphatic heterocycles. The Kier molecular flexibility index (Phi) is 7.55. The number of carbonyl (C=O) groups is 2. The fourth-order valence-corrected chi connectivity index (χ4v) is 8.12. The molecule has 1 aromatic carbocycles. The molecule has 5 atom stereocenters. The van der Waals surface area contributed by atoms with Gasteiger partial charge in [0.2, 0.25) is 5.91 Å². The number of nitrogens with zero attached hydrogens (tertiary/aromatic N) is 2. The first kappa shape index (κ1) is 27.1. The number of ether oxygens (including phenoxy) is 1. The van der Waals surface area contributed by atoms with Gasteiger partial charge in [-0.2, -0.15) is 0 Å². The number of benzene rings is 1. The molecule has 0 bridgehead atoms. The number of likely N-dealkylation sites (tertiary alicyclic amines) is 1. The van der Waals surface area contributed by atoms with E-state index in [4.69, 9.17) is 9.72 Å². The zero-order chi connectivity index (χ0) is 27.1. The monoisotopic (exact) mass is 541 g/mol. The fourth-order valence-electron chi connectivity index (χ4n) is 7.06. The minimum Gasteiger partial charge on any atom is -0.497 e. The van der Waals surface area contributed by atoms with E-state index < -0.39 is 11.5 Å². The Labute approximate surface area is 228 Å². The summed E-state index contributed by atoms with van der Waals surface area (Å²) in [5.41, 5.74) is 0.418. The number of hydrogen-bond acceptors (Lipinski definition) is 7. The summed E-state index contributed by atoms with van der Waals surface area (Å²) >= 11 is 1.44. The lowest BCUT2D eigenvalue weighted by Gasteiger charge is -2.58. The number of anilines is 1. The minimum absolute atomic E-state index is 0.0130. The number of fused-ring (bicyclic) bond motifs is 2. The second-order valence-electron chi connectivity index (χ2n) is 11.7. The highest BCUT2D eigenvalue weighted by molar-refractivity contribution is 7.15. The van der Waals surface area contributed by atoms with Gasteiger partial charge in [-0.3, -0.25) is 14.9 Å². The molecule has 5 rings (SSSR count). The third kappa shape index (κ3) is 4.73. The van der Waals surface area contributed by atoms with Crippen LogP contribution < -0.4 is 10.1 Å². The van der Waals surface area contributed by atoms with E-state index in [-0.39, 0.29) is 35.7 Å². The molecule has 9 heteroatoms. The van der Waals surface area contributed by atoms with Crippen LogP contribution in [-0.4, -0.2) is 64.8 Å². The Morgan fingerprint density at radius 1 is 1.18 bits per heavy atom. The molecule has 8 nitrogen and oxygen atoms in total. The summed E-state index contributed by atoms with van der Waals surface area (Å²) in [7, 11) is 1.58. The molecular formula is C29H39N3O5S. The van der Waals surface area contributed by atoms with E-state index in [1.54, 1.807) is 31.4 Å². The second kappa shape index (κ2) is 10.6. The molecule has 2 fully saturated rings. The van der Waals surface area contributed by atoms with Crippen molar-refractivity contribution < 1.29 is 24.5 Å². The van der Waals surface area contributed by atoms with Crippen LogP contribution in [0.15, 0.2) is 24.3 Å². The van der Waals surface area contributed by atoms with Crippen LogP contribution in [0.1, 0.15) is 79.2 Å². The standard InChI is InChI=1S/C29H39N3O5S/c1-28-12-11-23(34)29(2,17-33)22(28)16-21-25(20(28)15-24(35)32-13-5-4-6-14-32)30-27(38-21)31-26(36)18-7-9-19(37-3)10-8-18/h7-10,20,22-23,33-34H,4-6,11-17H2,1-3H3,(H,30,31,36)/t20-,22+,23-,28+,29+/m1/s1. The zero-order valence-electron chi connectivity index (χ0n) is 22.5. The van der Waals surface area contributed by atoms with Crippen LogP contribution in [0.3, 0.4) is 0 Å². The number of aliphatic hydroxyl groups excluding tert-OH is 2. The molecule has 3 aliphatic rings. The first-order chi connectivity index (χ1) is 18.2. The predicted octanol–water partition coefficient (Wildman–Crippen LogP) is 4.22. The summed E-state index contributed by atoms with van der Waals surface area (Å²) in [5, 5.41) is 24.9.